The smallest absolute Gasteiger partial charge is 0.343 e. The van der Waals surface area contributed by atoms with Crippen LogP contribution in [0.3, 0.4) is 0 Å². The van der Waals surface area contributed by atoms with Crippen molar-refractivity contribution in [1.82, 2.24) is 4.98 Å². The summed E-state index contributed by atoms with van der Waals surface area (Å²) in [5.74, 6) is -0.927. The third-order valence-corrected chi connectivity index (χ3v) is 2.72. The minimum atomic E-state index is -2.81. The Morgan fingerprint density at radius 3 is 2.71 bits per heavy atom. The molecule has 0 radical (unpaired) electrons. The average Bonchev–Trinajstić information content (AvgIpc) is 2.28. The first-order valence-corrected chi connectivity index (χ1v) is 5.78. The molecule has 0 aliphatic rings. The Balaban J connectivity index is 3.35. The van der Waals surface area contributed by atoms with E-state index in [1.165, 1.54) is 13.3 Å². The highest BCUT2D eigenvalue weighted by molar-refractivity contribution is 14.1. The molecule has 1 aromatic heterocycles. The molecule has 0 saturated heterocycles. The molecule has 0 unspecified atom stereocenters. The molecular weight excluding hydrogens is 347 g/mol. The zero-order chi connectivity index (χ0) is 13.0. The summed E-state index contributed by atoms with van der Waals surface area (Å²) < 4.78 is 35.4. The normalized spacial score (nSPS) is 10.5. The van der Waals surface area contributed by atoms with Crippen LogP contribution in [0.15, 0.2) is 6.20 Å². The molecule has 7 heteroatoms. The van der Waals surface area contributed by atoms with E-state index in [1.54, 1.807) is 6.92 Å². The van der Waals surface area contributed by atoms with Gasteiger partial charge in [0.1, 0.15) is 11.3 Å². The number of rotatable bonds is 4. The molecule has 0 amide bonds. The largest absolute Gasteiger partial charge is 0.494 e. The van der Waals surface area contributed by atoms with E-state index >= 15 is 0 Å². The molecule has 0 aliphatic heterocycles. The molecule has 1 heterocycles. The van der Waals surface area contributed by atoms with E-state index in [4.69, 9.17) is 9.47 Å². The van der Waals surface area contributed by atoms with Crippen molar-refractivity contribution in [2.75, 3.05) is 13.7 Å². The highest BCUT2D eigenvalue weighted by Gasteiger charge is 2.25. The molecule has 1 rings (SSSR count). The molecule has 0 spiro atoms. The molecule has 0 bridgehead atoms. The van der Waals surface area contributed by atoms with Gasteiger partial charge in [0.2, 0.25) is 0 Å². The van der Waals surface area contributed by atoms with E-state index in [9.17, 15) is 13.6 Å². The number of aromatic nitrogens is 1. The van der Waals surface area contributed by atoms with Gasteiger partial charge in [-0.1, -0.05) is 0 Å². The van der Waals surface area contributed by atoms with Gasteiger partial charge in [-0.25, -0.2) is 13.6 Å². The van der Waals surface area contributed by atoms with Gasteiger partial charge in [0, 0.05) is 9.77 Å². The van der Waals surface area contributed by atoms with Crippen LogP contribution >= 0.6 is 22.6 Å². The minimum absolute atomic E-state index is 0.0137. The number of hydrogen-bond donors (Lipinski definition) is 0. The van der Waals surface area contributed by atoms with E-state index in [1.807, 2.05) is 22.6 Å². The van der Waals surface area contributed by atoms with Gasteiger partial charge in [-0.3, -0.25) is 4.98 Å². The molecule has 1 aromatic rings. The van der Waals surface area contributed by atoms with E-state index in [0.717, 1.165) is 0 Å². The quantitative estimate of drug-likeness (QED) is 0.614. The number of nitrogens with zero attached hydrogens (tertiary/aromatic N) is 1. The van der Waals surface area contributed by atoms with Crippen LogP contribution in [-0.4, -0.2) is 24.7 Å². The lowest BCUT2D eigenvalue weighted by Gasteiger charge is -2.12. The first kappa shape index (κ1) is 14.1. The van der Waals surface area contributed by atoms with Crippen molar-refractivity contribution >= 4 is 28.6 Å². The Kier molecular flexibility index (Phi) is 5.03. The van der Waals surface area contributed by atoms with Crippen molar-refractivity contribution in [3.63, 3.8) is 0 Å². The van der Waals surface area contributed by atoms with Gasteiger partial charge in [0.15, 0.2) is 5.75 Å². The van der Waals surface area contributed by atoms with E-state index in [0.29, 0.717) is 3.57 Å². The van der Waals surface area contributed by atoms with Gasteiger partial charge in [-0.15, -0.1) is 0 Å². The van der Waals surface area contributed by atoms with Crippen molar-refractivity contribution in [2.24, 2.45) is 0 Å². The first-order chi connectivity index (χ1) is 8.02. The number of alkyl halides is 2. The Labute approximate surface area is 110 Å². The molecule has 94 valence electrons. The van der Waals surface area contributed by atoms with E-state index in [2.05, 4.69) is 4.98 Å². The maximum absolute atomic E-state index is 12.7. The van der Waals surface area contributed by atoms with Crippen LogP contribution in [0.1, 0.15) is 29.4 Å². The molecule has 0 atom stereocenters. The summed E-state index contributed by atoms with van der Waals surface area (Å²) in [6, 6.07) is 0. The van der Waals surface area contributed by atoms with E-state index in [-0.39, 0.29) is 17.9 Å². The molecule has 17 heavy (non-hydrogen) atoms. The lowest BCUT2D eigenvalue weighted by atomic mass is 10.2. The highest BCUT2D eigenvalue weighted by Crippen LogP contribution is 2.33. The van der Waals surface area contributed by atoms with Crippen molar-refractivity contribution in [3.8, 4) is 5.75 Å². The molecule has 0 saturated carbocycles. The third kappa shape index (κ3) is 3.02. The zero-order valence-corrected chi connectivity index (χ0v) is 11.3. The van der Waals surface area contributed by atoms with Gasteiger partial charge in [0.05, 0.1) is 13.7 Å². The summed E-state index contributed by atoms with van der Waals surface area (Å²) in [5, 5.41) is 0. The fraction of sp³-hybridized carbons (Fsp3) is 0.400. The summed E-state index contributed by atoms with van der Waals surface area (Å²) in [5.41, 5.74) is -0.573. The lowest BCUT2D eigenvalue weighted by molar-refractivity contribution is 0.0520. The topological polar surface area (TPSA) is 48.4 Å². The van der Waals surface area contributed by atoms with Crippen LogP contribution in [0.5, 0.6) is 5.75 Å². The summed E-state index contributed by atoms with van der Waals surface area (Å²) in [7, 11) is 1.21. The second kappa shape index (κ2) is 6.08. The molecule has 0 aromatic carbocycles. The number of ether oxygens (including phenoxy) is 2. The monoisotopic (exact) mass is 357 g/mol. The summed E-state index contributed by atoms with van der Waals surface area (Å²) in [6.45, 7) is 1.79. The fourth-order valence-electron chi connectivity index (χ4n) is 1.24. The maximum Gasteiger partial charge on any atom is 0.343 e. The summed E-state index contributed by atoms with van der Waals surface area (Å²) >= 11 is 1.82. The second-order valence-corrected chi connectivity index (χ2v) is 4.08. The predicted octanol–water partition coefficient (Wildman–Crippen LogP) is 2.81. The van der Waals surface area contributed by atoms with Crippen LogP contribution in [0.4, 0.5) is 8.78 Å². The van der Waals surface area contributed by atoms with Crippen molar-refractivity contribution in [3.05, 3.63) is 21.0 Å². The number of methoxy groups -OCH3 is 1. The van der Waals surface area contributed by atoms with Crippen LogP contribution in [0.2, 0.25) is 0 Å². The van der Waals surface area contributed by atoms with Gasteiger partial charge in [0.25, 0.3) is 6.43 Å². The SMILES string of the molecule is CCOC(=O)c1c(I)cnc(C(F)F)c1OC. The predicted molar refractivity (Wildman–Crippen MR) is 64.4 cm³/mol. The third-order valence-electron chi connectivity index (χ3n) is 1.91. The number of halogens is 3. The average molecular weight is 357 g/mol. The summed E-state index contributed by atoms with van der Waals surface area (Å²) in [6.07, 6.45) is -1.62. The number of pyridine rings is 1. The second-order valence-electron chi connectivity index (χ2n) is 2.92. The number of carbonyl (C=O) groups is 1. The molecule has 0 aliphatic carbocycles. The van der Waals surface area contributed by atoms with Crippen molar-refractivity contribution in [1.29, 1.82) is 0 Å². The van der Waals surface area contributed by atoms with Crippen molar-refractivity contribution in [2.45, 2.75) is 13.3 Å². The van der Waals surface area contributed by atoms with Gasteiger partial charge < -0.3 is 9.47 Å². The molecule has 0 N–H and O–H groups in total. The summed E-state index contributed by atoms with van der Waals surface area (Å²) in [4.78, 5) is 15.2. The van der Waals surface area contributed by atoms with E-state index < -0.39 is 18.1 Å². The Bertz CT molecular complexity index is 426. The molecule has 4 nitrogen and oxygen atoms in total. The van der Waals surface area contributed by atoms with Gasteiger partial charge >= 0.3 is 5.97 Å². The fourth-order valence-corrected chi connectivity index (χ4v) is 1.85. The number of hydrogen-bond acceptors (Lipinski definition) is 4. The lowest BCUT2D eigenvalue weighted by Crippen LogP contribution is -2.12. The first-order valence-electron chi connectivity index (χ1n) is 4.70. The van der Waals surface area contributed by atoms with Crippen LogP contribution in [0, 0.1) is 3.57 Å². The molecular formula is C10H10F2INO3. The molecule has 0 fully saturated rings. The number of carbonyl (C=O) groups excluding carboxylic acids is 1. The Hall–Kier alpha value is -0.990. The zero-order valence-electron chi connectivity index (χ0n) is 9.17. The Morgan fingerprint density at radius 2 is 2.24 bits per heavy atom. The van der Waals surface area contributed by atoms with Crippen LogP contribution < -0.4 is 4.74 Å². The number of esters is 1. The van der Waals surface area contributed by atoms with Crippen LogP contribution in [-0.2, 0) is 4.74 Å². The standard InChI is InChI=1S/C10H10F2INO3/c1-3-17-10(15)6-5(13)4-14-7(9(11)12)8(6)16-2/h4,9H,3H2,1-2H3. The van der Waals surface area contributed by atoms with Gasteiger partial charge in [-0.2, -0.15) is 0 Å². The highest BCUT2D eigenvalue weighted by atomic mass is 127. The minimum Gasteiger partial charge on any atom is -0.494 e. The van der Waals surface area contributed by atoms with Crippen LogP contribution in [0.25, 0.3) is 0 Å². The maximum atomic E-state index is 12.7. The van der Waals surface area contributed by atoms with Gasteiger partial charge in [-0.05, 0) is 29.5 Å². The Morgan fingerprint density at radius 1 is 1.59 bits per heavy atom. The van der Waals surface area contributed by atoms with Crippen molar-refractivity contribution < 1.29 is 23.0 Å².